The monoisotopic (exact) mass is 594 g/mol. The van der Waals surface area contributed by atoms with Crippen LogP contribution < -0.4 is 20.8 Å². The molecule has 40 heavy (non-hydrogen) atoms. The molecule has 0 saturated carbocycles. The third-order valence-corrected chi connectivity index (χ3v) is 3.47. The number of hydrogen-bond donors (Lipinski definition) is 0. The van der Waals surface area contributed by atoms with E-state index in [1.54, 1.807) is 55.6 Å². The molecule has 2 aromatic heterocycles. The van der Waals surface area contributed by atoms with Crippen LogP contribution in [0, 0.1) is 0 Å². The highest BCUT2D eigenvalue weighted by Crippen LogP contribution is 2.07. The lowest BCUT2D eigenvalue weighted by Gasteiger charge is -2.11. The standard InChI is InChI=1S/2C10H16N3O2.2BF4/c2*1-11(2)10(12(3)4)15-13-8-6-5-7-9(13)14;2*2-1(3,4)5/h2*5-8H,1-4H3;;/q2*+1;2*-1. The second-order valence-corrected chi connectivity index (χ2v) is 8.04. The van der Waals surface area contributed by atoms with E-state index in [2.05, 4.69) is 0 Å². The van der Waals surface area contributed by atoms with Crippen LogP contribution in [0.2, 0.25) is 0 Å². The van der Waals surface area contributed by atoms with Crippen molar-refractivity contribution in [2.24, 2.45) is 0 Å². The predicted molar refractivity (Wildman–Crippen MR) is 137 cm³/mol. The second kappa shape index (κ2) is 17.6. The van der Waals surface area contributed by atoms with Crippen molar-refractivity contribution in [1.29, 1.82) is 0 Å². The first kappa shape index (κ1) is 38.2. The molecule has 0 amide bonds. The second-order valence-electron chi connectivity index (χ2n) is 8.04. The lowest BCUT2D eigenvalue weighted by Crippen LogP contribution is -2.41. The van der Waals surface area contributed by atoms with Crippen LogP contribution in [0.15, 0.2) is 58.4 Å². The fourth-order valence-electron chi connectivity index (χ4n) is 2.28. The minimum absolute atomic E-state index is 0.196. The summed E-state index contributed by atoms with van der Waals surface area (Å²) < 4.78 is 84.0. The minimum Gasteiger partial charge on any atom is -0.418 e. The van der Waals surface area contributed by atoms with Crippen molar-refractivity contribution < 1.29 is 53.4 Å². The maximum Gasteiger partial charge on any atom is 0.673 e. The SMILES string of the molecule is CN(C)C(On1ccccc1=O)=[N+](C)C.CN(C)C(On1ccccc1=O)=[N+](C)C.F[B-](F)(F)F.F[B-](F)(F)F. The summed E-state index contributed by atoms with van der Waals surface area (Å²) in [6.07, 6.45) is 3.16. The molecule has 10 nitrogen and oxygen atoms in total. The van der Waals surface area contributed by atoms with Crippen LogP contribution in [0.25, 0.3) is 0 Å². The Balaban J connectivity index is 0. The van der Waals surface area contributed by atoms with Crippen molar-refractivity contribution >= 4 is 26.6 Å². The first-order valence-electron chi connectivity index (χ1n) is 10.9. The molecule has 0 unspecified atom stereocenters. The van der Waals surface area contributed by atoms with E-state index in [0.717, 1.165) is 0 Å². The van der Waals surface area contributed by atoms with Crippen molar-refractivity contribution in [1.82, 2.24) is 19.3 Å². The van der Waals surface area contributed by atoms with Crippen LogP contribution in [0.3, 0.4) is 0 Å². The summed E-state index contributed by atoms with van der Waals surface area (Å²) in [6.45, 7) is 0. The number of aromatic nitrogens is 2. The molecule has 228 valence electrons. The quantitative estimate of drug-likeness (QED) is 0.173. The van der Waals surface area contributed by atoms with Crippen LogP contribution in [-0.2, 0) is 0 Å². The first-order valence-corrected chi connectivity index (χ1v) is 10.9. The summed E-state index contributed by atoms with van der Waals surface area (Å²) in [6, 6.07) is 10.9. The third-order valence-electron chi connectivity index (χ3n) is 3.47. The number of hydrogen-bond acceptors (Lipinski definition) is 4. The number of amidine groups is 2. The Morgan fingerprint density at radius 1 is 0.625 bits per heavy atom. The van der Waals surface area contributed by atoms with Gasteiger partial charge in [-0.15, -0.1) is 9.46 Å². The zero-order chi connectivity index (χ0) is 31.8. The van der Waals surface area contributed by atoms with E-state index in [4.69, 9.17) is 9.68 Å². The van der Waals surface area contributed by atoms with Gasteiger partial charge in [-0.05, 0) is 12.1 Å². The van der Waals surface area contributed by atoms with Gasteiger partial charge in [0.1, 0.15) is 0 Å². The highest BCUT2D eigenvalue weighted by Gasteiger charge is 2.21. The molecule has 0 atom stereocenters. The van der Waals surface area contributed by atoms with Gasteiger partial charge in [-0.2, -0.15) is 0 Å². The van der Waals surface area contributed by atoms with E-state index in [0.29, 0.717) is 12.0 Å². The van der Waals surface area contributed by atoms with Gasteiger partial charge in [0.25, 0.3) is 11.1 Å². The van der Waals surface area contributed by atoms with Crippen molar-refractivity contribution in [2.45, 2.75) is 0 Å². The molecule has 0 aliphatic rings. The fraction of sp³-hybridized carbons (Fsp3) is 0.400. The molecule has 0 fully saturated rings. The molecule has 0 aliphatic heterocycles. The fourth-order valence-corrected chi connectivity index (χ4v) is 2.28. The van der Waals surface area contributed by atoms with E-state index < -0.39 is 14.5 Å². The van der Waals surface area contributed by atoms with Gasteiger partial charge in [-0.25, -0.2) is 19.0 Å². The lowest BCUT2D eigenvalue weighted by molar-refractivity contribution is -0.480. The summed E-state index contributed by atoms with van der Waals surface area (Å²) in [5, 5.41) is 0. The van der Waals surface area contributed by atoms with E-state index in [-0.39, 0.29) is 11.1 Å². The number of pyridine rings is 2. The molecule has 0 bridgehead atoms. The largest absolute Gasteiger partial charge is 0.673 e. The van der Waals surface area contributed by atoms with Gasteiger partial charge in [0, 0.05) is 24.5 Å². The summed E-state index contributed by atoms with van der Waals surface area (Å²) in [7, 11) is 2.80. The lowest BCUT2D eigenvalue weighted by atomic mass is 10.3. The zero-order valence-electron chi connectivity index (χ0n) is 23.1. The summed E-state index contributed by atoms with van der Waals surface area (Å²) >= 11 is 0. The van der Waals surface area contributed by atoms with Gasteiger partial charge in [0.05, 0.1) is 56.4 Å². The highest BCUT2D eigenvalue weighted by molar-refractivity contribution is 6.50. The molecule has 2 heterocycles. The molecule has 0 saturated heterocycles. The highest BCUT2D eigenvalue weighted by atomic mass is 19.5. The maximum absolute atomic E-state index is 11.4. The number of halogens is 8. The molecule has 2 rings (SSSR count). The van der Waals surface area contributed by atoms with Crippen LogP contribution in [0.5, 0.6) is 0 Å². The molecular formula is C20H32B2F8N6O4. The Kier molecular flexibility index (Phi) is 16.8. The van der Waals surface area contributed by atoms with Crippen molar-refractivity contribution in [3.8, 4) is 0 Å². The van der Waals surface area contributed by atoms with E-state index in [9.17, 15) is 44.1 Å². The van der Waals surface area contributed by atoms with Gasteiger partial charge in [0.15, 0.2) is 0 Å². The molecule has 0 spiro atoms. The summed E-state index contributed by atoms with van der Waals surface area (Å²) in [4.78, 5) is 37.2. The molecule has 0 aromatic carbocycles. The number of rotatable bonds is 2. The third kappa shape index (κ3) is 21.0. The normalized spacial score (nSPS) is 10.2. The van der Waals surface area contributed by atoms with Gasteiger partial charge < -0.3 is 34.5 Å². The molecule has 0 N–H and O–H groups in total. The van der Waals surface area contributed by atoms with Crippen molar-refractivity contribution in [3.05, 3.63) is 69.5 Å². The molecule has 20 heteroatoms. The maximum atomic E-state index is 11.4. The van der Waals surface area contributed by atoms with Gasteiger partial charge in [-0.1, -0.05) is 12.1 Å². The average molecular weight is 594 g/mol. The Morgan fingerprint density at radius 2 is 0.875 bits per heavy atom. The van der Waals surface area contributed by atoms with Gasteiger partial charge in [-0.3, -0.25) is 19.3 Å². The van der Waals surface area contributed by atoms with Crippen LogP contribution in [0.1, 0.15) is 0 Å². The first-order chi connectivity index (χ1) is 18.0. The van der Waals surface area contributed by atoms with Gasteiger partial charge >= 0.3 is 26.6 Å². The predicted octanol–water partition coefficient (Wildman–Crippen LogP) is 1.53. The van der Waals surface area contributed by atoms with E-state index in [1.165, 1.54) is 21.6 Å². The number of nitrogens with zero attached hydrogens (tertiary/aromatic N) is 6. The molecule has 0 aliphatic carbocycles. The van der Waals surface area contributed by atoms with E-state index >= 15 is 0 Å². The topological polar surface area (TPSA) is 75.0 Å². The molecular weight excluding hydrogens is 562 g/mol. The van der Waals surface area contributed by atoms with Crippen LogP contribution >= 0.6 is 0 Å². The van der Waals surface area contributed by atoms with Gasteiger partial charge in [0.2, 0.25) is 0 Å². The Hall–Kier alpha value is -3.99. The summed E-state index contributed by atoms with van der Waals surface area (Å²) in [5.41, 5.74) is -0.391. The van der Waals surface area contributed by atoms with Crippen molar-refractivity contribution in [2.75, 3.05) is 56.4 Å². The Labute approximate surface area is 225 Å². The van der Waals surface area contributed by atoms with E-state index in [1.807, 2.05) is 56.4 Å². The molecule has 2 aromatic rings. The summed E-state index contributed by atoms with van der Waals surface area (Å²) in [5.74, 6) is 0. The smallest absolute Gasteiger partial charge is 0.418 e. The van der Waals surface area contributed by atoms with Crippen molar-refractivity contribution in [3.63, 3.8) is 0 Å². The zero-order valence-corrected chi connectivity index (χ0v) is 23.1. The van der Waals surface area contributed by atoms with Crippen LogP contribution in [-0.4, -0.2) is 111 Å². The Bertz CT molecular complexity index is 1100. The minimum atomic E-state index is -6.00. The van der Waals surface area contributed by atoms with Crippen LogP contribution in [0.4, 0.5) is 34.5 Å². The average Bonchev–Trinajstić information content (AvgIpc) is 2.75. The Morgan fingerprint density at radius 3 is 1.05 bits per heavy atom. The molecule has 0 radical (unpaired) electrons.